The van der Waals surface area contributed by atoms with E-state index in [-0.39, 0.29) is 18.9 Å². The van der Waals surface area contributed by atoms with Crippen LogP contribution in [-0.4, -0.2) is 47.7 Å². The molecule has 2 unspecified atom stereocenters. The first-order chi connectivity index (χ1) is 9.10. The van der Waals surface area contributed by atoms with Crippen LogP contribution in [0, 0.1) is 0 Å². The average molecular weight is 271 g/mol. The Labute approximate surface area is 114 Å². The molecule has 1 amide bonds. The van der Waals surface area contributed by atoms with Crippen molar-refractivity contribution in [1.29, 1.82) is 0 Å². The smallest absolute Gasteiger partial charge is 0.328 e. The number of esters is 1. The van der Waals surface area contributed by atoms with Gasteiger partial charge in [-0.15, -0.1) is 0 Å². The molecule has 5 heteroatoms. The largest absolute Gasteiger partial charge is 0.467 e. The zero-order valence-corrected chi connectivity index (χ0v) is 11.9. The molecule has 0 aromatic carbocycles. The Morgan fingerprint density at radius 1 is 1.26 bits per heavy atom. The van der Waals surface area contributed by atoms with Crippen molar-refractivity contribution < 1.29 is 19.4 Å². The van der Waals surface area contributed by atoms with E-state index in [1.165, 1.54) is 24.9 Å². The summed E-state index contributed by atoms with van der Waals surface area (Å²) in [7, 11) is 1.31. The molecule has 1 rings (SSSR count). The number of aliphatic hydroxyl groups excluding tert-OH is 1. The Morgan fingerprint density at radius 3 is 2.58 bits per heavy atom. The van der Waals surface area contributed by atoms with Gasteiger partial charge in [-0.05, 0) is 6.42 Å². The van der Waals surface area contributed by atoms with E-state index in [0.29, 0.717) is 6.42 Å². The van der Waals surface area contributed by atoms with Gasteiger partial charge in [0.25, 0.3) is 0 Å². The van der Waals surface area contributed by atoms with E-state index in [1.807, 2.05) is 0 Å². The highest BCUT2D eigenvalue weighted by atomic mass is 16.5. The maximum absolute atomic E-state index is 12.1. The molecule has 110 valence electrons. The lowest BCUT2D eigenvalue weighted by Gasteiger charge is -2.22. The van der Waals surface area contributed by atoms with Crippen LogP contribution >= 0.6 is 0 Å². The zero-order valence-electron chi connectivity index (χ0n) is 11.9. The van der Waals surface area contributed by atoms with Crippen molar-refractivity contribution in [3.8, 4) is 0 Å². The SMILES string of the molecule is CCCCCCCC(=O)N1CC(O)CC1C(=O)OC. The van der Waals surface area contributed by atoms with E-state index in [9.17, 15) is 14.7 Å². The molecule has 2 atom stereocenters. The molecule has 5 nitrogen and oxygen atoms in total. The molecular weight excluding hydrogens is 246 g/mol. The summed E-state index contributed by atoms with van der Waals surface area (Å²) in [6.45, 7) is 2.39. The molecule has 1 fully saturated rings. The van der Waals surface area contributed by atoms with Crippen molar-refractivity contribution in [2.75, 3.05) is 13.7 Å². The van der Waals surface area contributed by atoms with Crippen LogP contribution in [-0.2, 0) is 14.3 Å². The van der Waals surface area contributed by atoms with Gasteiger partial charge < -0.3 is 14.7 Å². The Bertz CT molecular complexity index is 306. The number of nitrogens with zero attached hydrogens (tertiary/aromatic N) is 1. The Kier molecular flexibility index (Phi) is 6.84. The first-order valence-electron chi connectivity index (χ1n) is 7.15. The highest BCUT2D eigenvalue weighted by molar-refractivity contribution is 5.85. The van der Waals surface area contributed by atoms with Crippen molar-refractivity contribution in [2.24, 2.45) is 0 Å². The molecule has 0 aromatic heterocycles. The number of β-amino-alcohol motifs (C(OH)–C–C–N with tert-alkyl or cyclic N) is 1. The second kappa shape index (κ2) is 8.15. The quantitative estimate of drug-likeness (QED) is 0.562. The molecule has 0 radical (unpaired) electrons. The van der Waals surface area contributed by atoms with Crippen LogP contribution in [0.25, 0.3) is 0 Å². The fourth-order valence-corrected chi connectivity index (χ4v) is 2.47. The number of hydrogen-bond acceptors (Lipinski definition) is 4. The Hall–Kier alpha value is -1.10. The summed E-state index contributed by atoms with van der Waals surface area (Å²) in [5.74, 6) is -0.487. The van der Waals surface area contributed by atoms with E-state index in [1.54, 1.807) is 0 Å². The van der Waals surface area contributed by atoms with E-state index in [0.717, 1.165) is 19.3 Å². The Balaban J connectivity index is 2.39. The van der Waals surface area contributed by atoms with Crippen LogP contribution < -0.4 is 0 Å². The average Bonchev–Trinajstić information content (AvgIpc) is 2.79. The highest BCUT2D eigenvalue weighted by Gasteiger charge is 2.39. The number of carbonyl (C=O) groups excluding carboxylic acids is 2. The van der Waals surface area contributed by atoms with E-state index in [4.69, 9.17) is 0 Å². The predicted octanol–water partition coefficient (Wildman–Crippen LogP) is 1.48. The van der Waals surface area contributed by atoms with Gasteiger partial charge in [0.2, 0.25) is 5.91 Å². The number of methoxy groups -OCH3 is 1. The molecule has 0 saturated carbocycles. The number of aliphatic hydroxyl groups is 1. The summed E-state index contributed by atoms with van der Waals surface area (Å²) in [5, 5.41) is 9.60. The fraction of sp³-hybridized carbons (Fsp3) is 0.857. The highest BCUT2D eigenvalue weighted by Crippen LogP contribution is 2.21. The molecule has 1 N–H and O–H groups in total. The number of rotatable bonds is 7. The third-order valence-corrected chi connectivity index (χ3v) is 3.57. The van der Waals surface area contributed by atoms with Gasteiger partial charge in [0.05, 0.1) is 13.2 Å². The number of likely N-dealkylation sites (tertiary alicyclic amines) is 1. The lowest BCUT2D eigenvalue weighted by atomic mass is 10.1. The minimum atomic E-state index is -0.617. The standard InChI is InChI=1S/C14H25NO4/c1-3-4-5-6-7-8-13(17)15-10-11(16)9-12(15)14(18)19-2/h11-12,16H,3-10H2,1-2H3. The normalized spacial score (nSPS) is 22.6. The zero-order chi connectivity index (χ0) is 14.3. The van der Waals surface area contributed by atoms with Crippen molar-refractivity contribution in [1.82, 2.24) is 4.90 Å². The van der Waals surface area contributed by atoms with Crippen LogP contribution in [0.5, 0.6) is 0 Å². The lowest BCUT2D eigenvalue weighted by molar-refractivity contribution is -0.151. The monoisotopic (exact) mass is 271 g/mol. The van der Waals surface area contributed by atoms with E-state index in [2.05, 4.69) is 11.7 Å². The summed E-state index contributed by atoms with van der Waals surface area (Å²) in [6, 6.07) is -0.608. The minimum absolute atomic E-state index is 0.0524. The molecule has 1 aliphatic heterocycles. The van der Waals surface area contributed by atoms with Gasteiger partial charge in [-0.2, -0.15) is 0 Å². The lowest BCUT2D eigenvalue weighted by Crippen LogP contribution is -2.41. The molecule has 0 spiro atoms. The number of hydrogen-bond donors (Lipinski definition) is 1. The number of ether oxygens (including phenoxy) is 1. The minimum Gasteiger partial charge on any atom is -0.467 e. The van der Waals surface area contributed by atoms with Crippen LogP contribution in [0.1, 0.15) is 51.9 Å². The molecule has 0 aliphatic carbocycles. The van der Waals surface area contributed by atoms with Crippen LogP contribution in [0.4, 0.5) is 0 Å². The third kappa shape index (κ3) is 4.82. The third-order valence-electron chi connectivity index (χ3n) is 3.57. The van der Waals surface area contributed by atoms with Crippen molar-refractivity contribution in [2.45, 2.75) is 64.0 Å². The van der Waals surface area contributed by atoms with Gasteiger partial charge in [0.1, 0.15) is 6.04 Å². The molecule has 19 heavy (non-hydrogen) atoms. The maximum Gasteiger partial charge on any atom is 0.328 e. The molecule has 1 heterocycles. The summed E-state index contributed by atoms with van der Waals surface area (Å²) in [4.78, 5) is 25.1. The topological polar surface area (TPSA) is 66.8 Å². The first kappa shape index (κ1) is 16.0. The number of carbonyl (C=O) groups is 2. The van der Waals surface area contributed by atoms with Crippen LogP contribution in [0.2, 0.25) is 0 Å². The van der Waals surface area contributed by atoms with Crippen molar-refractivity contribution >= 4 is 11.9 Å². The molecule has 1 aliphatic rings. The maximum atomic E-state index is 12.1. The molecule has 0 aromatic rings. The van der Waals surface area contributed by atoms with Gasteiger partial charge in [0.15, 0.2) is 0 Å². The van der Waals surface area contributed by atoms with Gasteiger partial charge in [-0.3, -0.25) is 4.79 Å². The first-order valence-corrected chi connectivity index (χ1v) is 7.15. The Morgan fingerprint density at radius 2 is 1.95 bits per heavy atom. The van der Waals surface area contributed by atoms with Gasteiger partial charge in [-0.25, -0.2) is 4.79 Å². The van der Waals surface area contributed by atoms with E-state index >= 15 is 0 Å². The summed E-state index contributed by atoms with van der Waals surface area (Å²) < 4.78 is 4.68. The molecule has 1 saturated heterocycles. The van der Waals surface area contributed by atoms with Crippen LogP contribution in [0.15, 0.2) is 0 Å². The second-order valence-corrected chi connectivity index (χ2v) is 5.14. The summed E-state index contributed by atoms with van der Waals surface area (Å²) >= 11 is 0. The molecular formula is C14H25NO4. The second-order valence-electron chi connectivity index (χ2n) is 5.14. The predicted molar refractivity (Wildman–Crippen MR) is 71.5 cm³/mol. The van der Waals surface area contributed by atoms with Crippen molar-refractivity contribution in [3.05, 3.63) is 0 Å². The summed E-state index contributed by atoms with van der Waals surface area (Å²) in [5.41, 5.74) is 0. The van der Waals surface area contributed by atoms with Gasteiger partial charge in [-0.1, -0.05) is 32.6 Å². The number of unbranched alkanes of at least 4 members (excludes halogenated alkanes) is 4. The molecule has 0 bridgehead atoms. The van der Waals surface area contributed by atoms with E-state index < -0.39 is 18.1 Å². The fourth-order valence-electron chi connectivity index (χ4n) is 2.47. The number of amides is 1. The van der Waals surface area contributed by atoms with Gasteiger partial charge >= 0.3 is 5.97 Å². The van der Waals surface area contributed by atoms with Crippen LogP contribution in [0.3, 0.4) is 0 Å². The van der Waals surface area contributed by atoms with Gasteiger partial charge in [0, 0.05) is 19.4 Å². The van der Waals surface area contributed by atoms with Crippen molar-refractivity contribution in [3.63, 3.8) is 0 Å². The summed E-state index contributed by atoms with van der Waals surface area (Å²) in [6.07, 6.45) is 5.52.